The molecule has 1 saturated heterocycles. The fraction of sp³-hybridized carbons (Fsp3) is 0.233. The van der Waals surface area contributed by atoms with E-state index in [1.807, 2.05) is 31.2 Å². The topological polar surface area (TPSA) is 93.1 Å². The molecule has 1 N–H and O–H groups in total. The van der Waals surface area contributed by atoms with Crippen LogP contribution in [0.5, 0.6) is 5.75 Å². The van der Waals surface area contributed by atoms with Crippen LogP contribution >= 0.6 is 11.6 Å². The van der Waals surface area contributed by atoms with Crippen LogP contribution in [0, 0.1) is 6.92 Å². The second-order valence-corrected chi connectivity index (χ2v) is 9.75. The summed E-state index contributed by atoms with van der Waals surface area (Å²) in [5, 5.41) is 11.5. The Morgan fingerprint density at radius 2 is 1.71 bits per heavy atom. The van der Waals surface area contributed by atoms with Crippen LogP contribution < -0.4 is 4.74 Å². The van der Waals surface area contributed by atoms with Gasteiger partial charge in [-0.1, -0.05) is 53.6 Å². The number of carbonyl (C=O) groups is 3. The van der Waals surface area contributed by atoms with E-state index in [1.54, 1.807) is 50.2 Å². The second-order valence-electron chi connectivity index (χ2n) is 9.34. The Balaban J connectivity index is 1.76. The second kappa shape index (κ2) is 11.1. The molecule has 38 heavy (non-hydrogen) atoms. The number of aryl methyl sites for hydroxylation is 1. The minimum absolute atomic E-state index is 0.0287. The molecule has 7 nitrogen and oxygen atoms in total. The van der Waals surface area contributed by atoms with Gasteiger partial charge >= 0.3 is 5.97 Å². The summed E-state index contributed by atoms with van der Waals surface area (Å²) < 4.78 is 10.4. The lowest BCUT2D eigenvalue weighted by atomic mass is 9.94. The Morgan fingerprint density at radius 1 is 1.03 bits per heavy atom. The minimum atomic E-state index is -0.832. The van der Waals surface area contributed by atoms with Crippen molar-refractivity contribution in [3.05, 3.63) is 105 Å². The molecule has 0 radical (unpaired) electrons. The number of ether oxygens (including phenoxy) is 2. The van der Waals surface area contributed by atoms with E-state index in [2.05, 4.69) is 0 Å². The fourth-order valence-corrected chi connectivity index (χ4v) is 4.68. The van der Waals surface area contributed by atoms with Crippen molar-refractivity contribution in [1.29, 1.82) is 0 Å². The molecule has 0 bridgehead atoms. The smallest absolute Gasteiger partial charge is 0.338 e. The van der Waals surface area contributed by atoms with E-state index in [-0.39, 0.29) is 29.0 Å². The van der Waals surface area contributed by atoms with E-state index in [0.29, 0.717) is 28.0 Å². The van der Waals surface area contributed by atoms with Crippen molar-refractivity contribution >= 4 is 35.0 Å². The normalized spacial score (nSPS) is 16.7. The number of ketones is 1. The van der Waals surface area contributed by atoms with Gasteiger partial charge in [-0.3, -0.25) is 9.59 Å². The van der Waals surface area contributed by atoms with Crippen molar-refractivity contribution in [3.8, 4) is 5.75 Å². The number of amides is 1. The zero-order valence-electron chi connectivity index (χ0n) is 21.5. The number of methoxy groups -OCH3 is 1. The third-order valence-electron chi connectivity index (χ3n) is 6.21. The molecule has 3 aromatic rings. The van der Waals surface area contributed by atoms with Crippen molar-refractivity contribution in [2.24, 2.45) is 0 Å². The molecule has 3 aromatic carbocycles. The number of aliphatic hydroxyl groups is 1. The molecule has 1 atom stereocenters. The molecular weight excluding hydrogens is 506 g/mol. The molecule has 196 valence electrons. The van der Waals surface area contributed by atoms with Gasteiger partial charge in [-0.15, -0.1) is 0 Å². The van der Waals surface area contributed by atoms with Crippen LogP contribution in [-0.4, -0.2) is 40.9 Å². The number of hydrogen-bond acceptors (Lipinski definition) is 6. The molecule has 1 amide bonds. The van der Waals surface area contributed by atoms with E-state index >= 15 is 0 Å². The summed E-state index contributed by atoms with van der Waals surface area (Å²) in [6.45, 7) is 5.54. The Labute approximate surface area is 226 Å². The number of halogens is 1. The van der Waals surface area contributed by atoms with E-state index in [9.17, 15) is 19.5 Å². The lowest BCUT2D eigenvalue weighted by Gasteiger charge is -2.26. The van der Waals surface area contributed by atoms with Crippen LogP contribution in [0.1, 0.15) is 52.5 Å². The standard InChI is InChI=1S/C30H28ClNO6/c1-17(2)38-30(36)20-10-8-19(9-11-20)16-32-26(21-7-5-6-18(3)14-21)25(28(34)29(32)35)27(33)22-12-13-24(37-4)23(31)15-22/h5-15,17,26,33H,16H2,1-4H3/b27-25-. The van der Waals surface area contributed by atoms with Gasteiger partial charge in [-0.25, -0.2) is 4.79 Å². The summed E-state index contributed by atoms with van der Waals surface area (Å²) in [6, 6.07) is 17.9. The van der Waals surface area contributed by atoms with Crippen molar-refractivity contribution < 1.29 is 29.0 Å². The highest BCUT2D eigenvalue weighted by atomic mass is 35.5. The van der Waals surface area contributed by atoms with Crippen molar-refractivity contribution in [2.45, 2.75) is 39.5 Å². The average molecular weight is 534 g/mol. The van der Waals surface area contributed by atoms with Crippen molar-refractivity contribution in [1.82, 2.24) is 4.90 Å². The first-order chi connectivity index (χ1) is 18.1. The lowest BCUT2D eigenvalue weighted by Crippen LogP contribution is -2.29. The van der Waals surface area contributed by atoms with Crippen molar-refractivity contribution in [2.75, 3.05) is 7.11 Å². The molecule has 1 fully saturated rings. The highest BCUT2D eigenvalue weighted by Gasteiger charge is 2.46. The summed E-state index contributed by atoms with van der Waals surface area (Å²) in [5.41, 5.74) is 2.98. The quantitative estimate of drug-likeness (QED) is 0.177. The van der Waals surface area contributed by atoms with Gasteiger partial charge in [0.15, 0.2) is 0 Å². The Bertz CT molecular complexity index is 1430. The van der Waals surface area contributed by atoms with Gasteiger partial charge < -0.3 is 19.5 Å². The van der Waals surface area contributed by atoms with Gasteiger partial charge in [0.25, 0.3) is 11.7 Å². The van der Waals surface area contributed by atoms with Crippen LogP contribution in [0.15, 0.2) is 72.3 Å². The molecule has 1 heterocycles. The minimum Gasteiger partial charge on any atom is -0.507 e. The Kier molecular flexibility index (Phi) is 7.88. The number of likely N-dealkylation sites (tertiary alicyclic amines) is 1. The number of aliphatic hydroxyl groups excluding tert-OH is 1. The number of rotatable bonds is 7. The van der Waals surface area contributed by atoms with Gasteiger partial charge in [-0.05, 0) is 62.2 Å². The molecule has 8 heteroatoms. The Morgan fingerprint density at radius 3 is 2.32 bits per heavy atom. The van der Waals surface area contributed by atoms with Gasteiger partial charge in [-0.2, -0.15) is 0 Å². The van der Waals surface area contributed by atoms with Gasteiger partial charge in [0.2, 0.25) is 0 Å². The number of benzene rings is 3. The third-order valence-corrected chi connectivity index (χ3v) is 6.50. The van der Waals surface area contributed by atoms with Gasteiger partial charge in [0.1, 0.15) is 11.5 Å². The number of carbonyl (C=O) groups excluding carboxylic acids is 3. The summed E-state index contributed by atoms with van der Waals surface area (Å²) >= 11 is 6.26. The molecule has 0 saturated carbocycles. The number of Topliss-reactive ketones (excluding diaryl/α,β-unsaturated/α-hetero) is 1. The maximum Gasteiger partial charge on any atom is 0.338 e. The predicted molar refractivity (Wildman–Crippen MR) is 144 cm³/mol. The van der Waals surface area contributed by atoms with Crippen LogP contribution in [-0.2, 0) is 20.9 Å². The van der Waals surface area contributed by atoms with Crippen LogP contribution in [0.2, 0.25) is 5.02 Å². The zero-order chi connectivity index (χ0) is 27.6. The summed E-state index contributed by atoms with van der Waals surface area (Å²) in [4.78, 5) is 40.2. The SMILES string of the molecule is COc1ccc(/C(O)=C2/C(=O)C(=O)N(Cc3ccc(C(=O)OC(C)C)cc3)C2c2cccc(C)c2)cc1Cl. The Hall–Kier alpha value is -4.10. The molecule has 1 aliphatic rings. The zero-order valence-corrected chi connectivity index (χ0v) is 22.3. The van der Waals surface area contributed by atoms with Crippen molar-refractivity contribution in [3.63, 3.8) is 0 Å². The predicted octanol–water partition coefficient (Wildman–Crippen LogP) is 5.84. The first-order valence-electron chi connectivity index (χ1n) is 12.1. The summed E-state index contributed by atoms with van der Waals surface area (Å²) in [6.07, 6.45) is -0.246. The van der Waals surface area contributed by atoms with Gasteiger partial charge in [0, 0.05) is 12.1 Å². The third kappa shape index (κ3) is 5.43. The number of nitrogens with zero attached hydrogens (tertiary/aromatic N) is 1. The molecule has 0 aromatic heterocycles. The monoisotopic (exact) mass is 533 g/mol. The summed E-state index contributed by atoms with van der Waals surface area (Å²) in [7, 11) is 1.48. The van der Waals surface area contributed by atoms with Crippen LogP contribution in [0.3, 0.4) is 0 Å². The molecule has 0 aliphatic carbocycles. The van der Waals surface area contributed by atoms with Crippen LogP contribution in [0.25, 0.3) is 5.76 Å². The van der Waals surface area contributed by atoms with Crippen LogP contribution in [0.4, 0.5) is 0 Å². The molecule has 1 unspecified atom stereocenters. The molecule has 1 aliphatic heterocycles. The molecular formula is C30H28ClNO6. The van der Waals surface area contributed by atoms with E-state index in [1.165, 1.54) is 18.1 Å². The maximum atomic E-state index is 13.3. The average Bonchev–Trinajstić information content (AvgIpc) is 3.13. The number of hydrogen-bond donors (Lipinski definition) is 1. The van der Waals surface area contributed by atoms with E-state index in [0.717, 1.165) is 5.56 Å². The molecule has 0 spiro atoms. The molecule has 4 rings (SSSR count). The highest BCUT2D eigenvalue weighted by Crippen LogP contribution is 2.41. The van der Waals surface area contributed by atoms with E-state index < -0.39 is 23.7 Å². The maximum absolute atomic E-state index is 13.3. The first kappa shape index (κ1) is 26.9. The van der Waals surface area contributed by atoms with Gasteiger partial charge in [0.05, 0.1) is 35.4 Å². The lowest BCUT2D eigenvalue weighted by molar-refractivity contribution is -0.140. The van der Waals surface area contributed by atoms with E-state index in [4.69, 9.17) is 21.1 Å². The summed E-state index contributed by atoms with van der Waals surface area (Å²) in [5.74, 6) is -1.88. The highest BCUT2D eigenvalue weighted by molar-refractivity contribution is 6.46. The largest absolute Gasteiger partial charge is 0.507 e. The first-order valence-corrected chi connectivity index (χ1v) is 12.5. The number of esters is 1. The fourth-order valence-electron chi connectivity index (χ4n) is 4.42.